The van der Waals surface area contributed by atoms with Crippen molar-refractivity contribution < 1.29 is 18.0 Å². The Balaban J connectivity index is 1.80. The molecule has 2 aliphatic rings. The van der Waals surface area contributed by atoms with Crippen LogP contribution in [-0.4, -0.2) is 45.1 Å². The van der Waals surface area contributed by atoms with Gasteiger partial charge in [-0.2, -0.15) is 13.2 Å². The van der Waals surface area contributed by atoms with Gasteiger partial charge in [-0.05, 0) is 31.6 Å². The van der Waals surface area contributed by atoms with Crippen LogP contribution in [0.5, 0.6) is 0 Å². The van der Waals surface area contributed by atoms with Crippen LogP contribution in [0.4, 0.5) is 13.2 Å². The summed E-state index contributed by atoms with van der Waals surface area (Å²) in [6.07, 6.45) is -0.901. The van der Waals surface area contributed by atoms with Gasteiger partial charge in [-0.25, -0.2) is 4.68 Å². The van der Waals surface area contributed by atoms with Crippen molar-refractivity contribution in [3.8, 4) is 0 Å². The molecule has 0 radical (unpaired) electrons. The van der Waals surface area contributed by atoms with Crippen molar-refractivity contribution in [3.05, 3.63) is 11.9 Å². The number of aryl methyl sites for hydroxylation is 1. The maximum absolute atomic E-state index is 13.3. The molecule has 3 rings (SSSR count). The molecule has 1 aliphatic heterocycles. The Morgan fingerprint density at radius 1 is 1.45 bits per heavy atom. The minimum absolute atomic E-state index is 0.0110. The number of aromatic nitrogens is 3. The smallest absolute Gasteiger partial charge is 0.337 e. The van der Waals surface area contributed by atoms with Crippen LogP contribution in [0, 0.1) is 11.3 Å². The van der Waals surface area contributed by atoms with Gasteiger partial charge < -0.3 is 4.90 Å². The summed E-state index contributed by atoms with van der Waals surface area (Å²) >= 11 is 0. The first-order valence-corrected chi connectivity index (χ1v) is 7.62. The largest absolute Gasteiger partial charge is 0.392 e. The summed E-state index contributed by atoms with van der Waals surface area (Å²) in [7, 11) is 0. The first-order chi connectivity index (χ1) is 10.4. The first-order valence-electron chi connectivity index (χ1n) is 7.62. The Morgan fingerprint density at radius 2 is 2.18 bits per heavy atom. The van der Waals surface area contributed by atoms with Crippen LogP contribution in [0.1, 0.15) is 43.1 Å². The summed E-state index contributed by atoms with van der Waals surface area (Å²) < 4.78 is 41.2. The van der Waals surface area contributed by atoms with Gasteiger partial charge in [0.25, 0.3) is 5.91 Å². The Hall–Kier alpha value is -1.60. The molecule has 0 bridgehead atoms. The molecule has 8 heteroatoms. The second-order valence-electron chi connectivity index (χ2n) is 6.26. The fourth-order valence-electron chi connectivity index (χ4n) is 3.80. The van der Waals surface area contributed by atoms with Crippen molar-refractivity contribution in [1.82, 2.24) is 19.9 Å². The highest BCUT2D eigenvalue weighted by atomic mass is 19.4. The third-order valence-electron chi connectivity index (χ3n) is 5.10. The van der Waals surface area contributed by atoms with Crippen LogP contribution in [0.15, 0.2) is 6.20 Å². The molecule has 5 nitrogen and oxygen atoms in total. The molecular weight excluding hydrogens is 297 g/mol. The second-order valence-corrected chi connectivity index (χ2v) is 6.26. The van der Waals surface area contributed by atoms with E-state index in [0.717, 1.165) is 6.42 Å². The Bertz CT molecular complexity index is 565. The highest BCUT2D eigenvalue weighted by molar-refractivity contribution is 5.92. The number of carbonyl (C=O) groups is 1. The van der Waals surface area contributed by atoms with Gasteiger partial charge in [0.05, 0.1) is 12.1 Å². The van der Waals surface area contributed by atoms with E-state index in [1.54, 1.807) is 4.90 Å². The number of nitrogens with zero attached hydrogens (tertiary/aromatic N) is 4. The van der Waals surface area contributed by atoms with Gasteiger partial charge in [0.2, 0.25) is 0 Å². The van der Waals surface area contributed by atoms with Crippen molar-refractivity contribution in [3.63, 3.8) is 0 Å². The number of rotatable bonds is 2. The summed E-state index contributed by atoms with van der Waals surface area (Å²) in [6.45, 7) is 2.67. The SMILES string of the molecule is CCn1nncc1C(=O)N1CC[C@@H](C(F)(F)F)C2(CCC2)C1. The predicted molar refractivity (Wildman–Crippen MR) is 72.0 cm³/mol. The molecule has 1 saturated heterocycles. The normalized spacial score (nSPS) is 24.4. The standard InChI is InChI=1S/C14H19F3N4O/c1-2-21-10(8-18-19-21)12(22)20-7-4-11(14(15,16)17)13(9-20)5-3-6-13/h8,11H,2-7,9H2,1H3/t11-/m1/s1. The quantitative estimate of drug-likeness (QED) is 0.842. The lowest BCUT2D eigenvalue weighted by atomic mass is 9.58. The second kappa shape index (κ2) is 5.24. The van der Waals surface area contributed by atoms with E-state index in [1.165, 1.54) is 10.9 Å². The Morgan fingerprint density at radius 3 is 2.73 bits per heavy atom. The number of alkyl halides is 3. The molecular formula is C14H19F3N4O. The average Bonchev–Trinajstić information content (AvgIpc) is 2.91. The van der Waals surface area contributed by atoms with Gasteiger partial charge >= 0.3 is 6.18 Å². The summed E-state index contributed by atoms with van der Waals surface area (Å²) in [6, 6.07) is 0. The van der Waals surface area contributed by atoms with E-state index in [4.69, 9.17) is 0 Å². The zero-order chi connectivity index (χ0) is 16.0. The van der Waals surface area contributed by atoms with E-state index in [9.17, 15) is 18.0 Å². The molecule has 0 N–H and O–H groups in total. The van der Waals surface area contributed by atoms with Gasteiger partial charge in [-0.15, -0.1) is 5.10 Å². The molecule has 1 amide bonds. The number of amides is 1. The fraction of sp³-hybridized carbons (Fsp3) is 0.786. The van der Waals surface area contributed by atoms with E-state index in [2.05, 4.69) is 10.3 Å². The minimum atomic E-state index is -4.18. The minimum Gasteiger partial charge on any atom is -0.337 e. The number of hydrogen-bond donors (Lipinski definition) is 0. The monoisotopic (exact) mass is 316 g/mol. The van der Waals surface area contributed by atoms with Gasteiger partial charge in [-0.3, -0.25) is 4.79 Å². The van der Waals surface area contributed by atoms with Crippen LogP contribution in [0.25, 0.3) is 0 Å². The molecule has 2 fully saturated rings. The van der Waals surface area contributed by atoms with Gasteiger partial charge in [0.15, 0.2) is 0 Å². The third kappa shape index (κ3) is 2.38. The van der Waals surface area contributed by atoms with Crippen LogP contribution in [-0.2, 0) is 6.54 Å². The number of carbonyl (C=O) groups excluding carboxylic acids is 1. The number of halogens is 3. The van der Waals surface area contributed by atoms with Gasteiger partial charge in [0.1, 0.15) is 5.69 Å². The zero-order valence-corrected chi connectivity index (χ0v) is 12.4. The highest BCUT2D eigenvalue weighted by Crippen LogP contribution is 2.56. The molecule has 0 aromatic carbocycles. The summed E-state index contributed by atoms with van der Waals surface area (Å²) in [5.41, 5.74) is -0.432. The van der Waals surface area contributed by atoms with Crippen LogP contribution >= 0.6 is 0 Å². The van der Waals surface area contributed by atoms with E-state index >= 15 is 0 Å². The van der Waals surface area contributed by atoms with Crippen molar-refractivity contribution in [2.75, 3.05) is 13.1 Å². The lowest BCUT2D eigenvalue weighted by molar-refractivity contribution is -0.235. The highest BCUT2D eigenvalue weighted by Gasteiger charge is 2.58. The summed E-state index contributed by atoms with van der Waals surface area (Å²) in [4.78, 5) is 14.1. The Labute approximate surface area is 126 Å². The van der Waals surface area contributed by atoms with E-state index in [-0.39, 0.29) is 25.4 Å². The fourth-order valence-corrected chi connectivity index (χ4v) is 3.80. The number of likely N-dealkylation sites (tertiary alicyclic amines) is 1. The van der Waals surface area contributed by atoms with Crippen LogP contribution in [0.2, 0.25) is 0 Å². The molecule has 1 atom stereocenters. The number of hydrogen-bond acceptors (Lipinski definition) is 3. The Kier molecular flexibility index (Phi) is 3.65. The average molecular weight is 316 g/mol. The topological polar surface area (TPSA) is 51.0 Å². The van der Waals surface area contributed by atoms with Crippen molar-refractivity contribution >= 4 is 5.91 Å². The molecule has 122 valence electrons. The molecule has 2 heterocycles. The maximum atomic E-state index is 13.3. The van der Waals surface area contributed by atoms with Crippen molar-refractivity contribution in [1.29, 1.82) is 0 Å². The molecule has 1 spiro atoms. The van der Waals surface area contributed by atoms with Gasteiger partial charge in [-0.1, -0.05) is 11.6 Å². The summed E-state index contributed by atoms with van der Waals surface area (Å²) in [5.74, 6) is -1.55. The molecule has 22 heavy (non-hydrogen) atoms. The lowest BCUT2D eigenvalue weighted by Gasteiger charge is -2.54. The molecule has 1 aliphatic carbocycles. The van der Waals surface area contributed by atoms with Crippen LogP contribution < -0.4 is 0 Å². The molecule has 1 saturated carbocycles. The van der Waals surface area contributed by atoms with Gasteiger partial charge in [0, 0.05) is 19.6 Å². The molecule has 1 aromatic heterocycles. The van der Waals surface area contributed by atoms with Crippen LogP contribution in [0.3, 0.4) is 0 Å². The summed E-state index contributed by atoms with van der Waals surface area (Å²) in [5, 5.41) is 7.53. The molecule has 1 aromatic rings. The van der Waals surface area contributed by atoms with E-state index < -0.39 is 17.5 Å². The first kappa shape index (κ1) is 15.3. The lowest BCUT2D eigenvalue weighted by Crippen LogP contribution is -2.57. The zero-order valence-electron chi connectivity index (χ0n) is 12.4. The number of piperidine rings is 1. The van der Waals surface area contributed by atoms with E-state index in [1.807, 2.05) is 6.92 Å². The van der Waals surface area contributed by atoms with Crippen molar-refractivity contribution in [2.24, 2.45) is 11.3 Å². The maximum Gasteiger partial charge on any atom is 0.392 e. The van der Waals surface area contributed by atoms with Crippen molar-refractivity contribution in [2.45, 2.75) is 45.3 Å². The predicted octanol–water partition coefficient (Wildman–Crippen LogP) is 2.49. The molecule has 0 unspecified atom stereocenters. The van der Waals surface area contributed by atoms with E-state index in [0.29, 0.717) is 25.1 Å². The third-order valence-corrected chi connectivity index (χ3v) is 5.10.